The molecule has 30 heavy (non-hydrogen) atoms. The molecule has 2 heterocycles. The highest BCUT2D eigenvalue weighted by molar-refractivity contribution is 8.14. The fraction of sp³-hybridized carbons (Fsp3) is 0.391. The van der Waals surface area contributed by atoms with Gasteiger partial charge in [0.25, 0.3) is 0 Å². The van der Waals surface area contributed by atoms with Crippen LogP contribution in [0.25, 0.3) is 6.08 Å². The van der Waals surface area contributed by atoms with Gasteiger partial charge in [0.05, 0.1) is 17.9 Å². The Hall–Kier alpha value is -2.38. The van der Waals surface area contributed by atoms with Gasteiger partial charge in [0, 0.05) is 49.1 Å². The van der Waals surface area contributed by atoms with Gasteiger partial charge in [-0.2, -0.15) is 0 Å². The van der Waals surface area contributed by atoms with Gasteiger partial charge in [0.2, 0.25) is 0 Å². The van der Waals surface area contributed by atoms with E-state index in [0.29, 0.717) is 30.8 Å². The van der Waals surface area contributed by atoms with Gasteiger partial charge in [-0.05, 0) is 37.0 Å². The van der Waals surface area contributed by atoms with Crippen molar-refractivity contribution in [1.82, 2.24) is 14.9 Å². The summed E-state index contributed by atoms with van der Waals surface area (Å²) in [6.07, 6.45) is 9.31. The van der Waals surface area contributed by atoms with Crippen LogP contribution in [0.1, 0.15) is 43.5 Å². The first-order valence-electron chi connectivity index (χ1n) is 10.2. The number of likely N-dealkylation sites (tertiary alicyclic amines) is 1. The van der Waals surface area contributed by atoms with E-state index in [2.05, 4.69) is 14.9 Å². The number of Topliss-reactive ketones (excluding diaryl/α,β-unsaturated/α-hetero) is 1. The number of rotatable bonds is 6. The van der Waals surface area contributed by atoms with Crippen molar-refractivity contribution < 1.29 is 14.0 Å². The molecule has 1 saturated carbocycles. The van der Waals surface area contributed by atoms with Crippen LogP contribution in [0.2, 0.25) is 0 Å². The highest BCUT2D eigenvalue weighted by atomic mass is 32.2. The number of hydrogen-bond acceptors (Lipinski definition) is 6. The molecule has 2 unspecified atom stereocenters. The number of ketones is 1. The molecule has 1 aliphatic carbocycles. The Bertz CT molecular complexity index is 962. The Kier molecular flexibility index (Phi) is 6.39. The summed E-state index contributed by atoms with van der Waals surface area (Å²) >= 11 is 1.30. The summed E-state index contributed by atoms with van der Waals surface area (Å²) in [5.74, 6) is -0.237. The van der Waals surface area contributed by atoms with E-state index in [9.17, 15) is 14.0 Å². The first-order valence-corrected chi connectivity index (χ1v) is 11.1. The molecule has 0 radical (unpaired) electrons. The second-order valence-corrected chi connectivity index (χ2v) is 9.19. The molecular formula is C23H24FN3O2S. The summed E-state index contributed by atoms with van der Waals surface area (Å²) in [6.45, 7) is 2.68. The van der Waals surface area contributed by atoms with Crippen LogP contribution in [-0.2, 0) is 9.59 Å². The lowest BCUT2D eigenvalue weighted by Gasteiger charge is -2.38. The first kappa shape index (κ1) is 20.9. The summed E-state index contributed by atoms with van der Waals surface area (Å²) in [6, 6.07) is 5.94. The molecule has 156 valence electrons. The van der Waals surface area contributed by atoms with E-state index in [-0.39, 0.29) is 27.9 Å². The Morgan fingerprint density at radius 3 is 2.70 bits per heavy atom. The number of carbonyl (C=O) groups excluding carboxylic acids is 2. The van der Waals surface area contributed by atoms with Gasteiger partial charge in [-0.1, -0.05) is 30.0 Å². The molecule has 1 aliphatic heterocycles. The van der Waals surface area contributed by atoms with Gasteiger partial charge in [-0.3, -0.25) is 24.5 Å². The molecule has 2 fully saturated rings. The van der Waals surface area contributed by atoms with E-state index in [1.165, 1.54) is 17.8 Å². The lowest BCUT2D eigenvalue weighted by molar-refractivity contribution is -0.126. The number of piperidine rings is 1. The third-order valence-corrected chi connectivity index (χ3v) is 6.67. The predicted octanol–water partition coefficient (Wildman–Crippen LogP) is 4.07. The molecule has 0 amide bonds. The van der Waals surface area contributed by atoms with Crippen LogP contribution in [0.4, 0.5) is 4.39 Å². The molecule has 0 bridgehead atoms. The van der Waals surface area contributed by atoms with Gasteiger partial charge in [0.1, 0.15) is 5.82 Å². The van der Waals surface area contributed by atoms with Crippen molar-refractivity contribution in [1.29, 1.82) is 0 Å². The highest BCUT2D eigenvalue weighted by Crippen LogP contribution is 2.40. The first-order chi connectivity index (χ1) is 14.5. The maximum atomic E-state index is 14.7. The molecule has 2 aliphatic rings. The molecule has 2 atom stereocenters. The topological polar surface area (TPSA) is 63.2 Å². The smallest absolute Gasteiger partial charge is 0.186 e. The zero-order valence-electron chi connectivity index (χ0n) is 16.8. The maximum Gasteiger partial charge on any atom is 0.186 e. The Labute approximate surface area is 179 Å². The van der Waals surface area contributed by atoms with Crippen LogP contribution in [0.5, 0.6) is 0 Å². The Morgan fingerprint density at radius 2 is 2.03 bits per heavy atom. The molecule has 0 spiro atoms. The summed E-state index contributed by atoms with van der Waals surface area (Å²) in [7, 11) is 0. The van der Waals surface area contributed by atoms with Gasteiger partial charge < -0.3 is 0 Å². The van der Waals surface area contributed by atoms with Crippen molar-refractivity contribution in [3.05, 3.63) is 65.5 Å². The minimum atomic E-state index is -0.604. The minimum Gasteiger partial charge on any atom is -0.297 e. The summed E-state index contributed by atoms with van der Waals surface area (Å²) < 4.78 is 14.7. The fourth-order valence-electron chi connectivity index (χ4n) is 3.97. The quantitative estimate of drug-likeness (QED) is 0.695. The Morgan fingerprint density at radius 1 is 1.23 bits per heavy atom. The number of hydrogen-bond donors (Lipinski definition) is 0. The Balaban J connectivity index is 1.67. The summed E-state index contributed by atoms with van der Waals surface area (Å²) in [4.78, 5) is 35.4. The molecule has 4 rings (SSSR count). The van der Waals surface area contributed by atoms with E-state index in [4.69, 9.17) is 0 Å². The number of nitrogens with zero attached hydrogens (tertiary/aromatic N) is 3. The zero-order valence-corrected chi connectivity index (χ0v) is 17.6. The fourth-order valence-corrected chi connectivity index (χ4v) is 4.89. The van der Waals surface area contributed by atoms with E-state index >= 15 is 0 Å². The third-order valence-electron chi connectivity index (χ3n) is 5.52. The highest BCUT2D eigenvalue weighted by Gasteiger charge is 2.41. The summed E-state index contributed by atoms with van der Waals surface area (Å²) in [5.41, 5.74) is 2.15. The van der Waals surface area contributed by atoms with Crippen LogP contribution in [-0.4, -0.2) is 44.1 Å². The standard InChI is InChI=1S/C23H24FN3O2S/c1-15(28)30-21-8-11-27(14-17(21)12-18-13-25-9-10-26-18)22(23(29)16-6-7-16)19-4-2-3-5-20(19)24/h2-5,9-10,12-13,16,21-22H,6-8,11,14H2,1H3. The molecule has 5 nitrogen and oxygen atoms in total. The van der Waals surface area contributed by atoms with Crippen molar-refractivity contribution in [2.75, 3.05) is 13.1 Å². The van der Waals surface area contributed by atoms with E-state index in [1.54, 1.807) is 43.7 Å². The molecule has 1 aromatic heterocycles. The molecular weight excluding hydrogens is 401 g/mol. The molecule has 2 aromatic rings. The van der Waals surface area contributed by atoms with Crippen molar-refractivity contribution in [2.24, 2.45) is 5.92 Å². The summed E-state index contributed by atoms with van der Waals surface area (Å²) in [5, 5.41) is 0.0660. The normalized spacial score (nSPS) is 22.1. The molecule has 1 saturated heterocycles. The molecule has 1 aromatic carbocycles. The zero-order chi connectivity index (χ0) is 21.1. The van der Waals surface area contributed by atoms with Gasteiger partial charge in [-0.15, -0.1) is 0 Å². The van der Waals surface area contributed by atoms with Crippen LogP contribution < -0.4 is 0 Å². The third kappa shape index (κ3) is 4.84. The largest absolute Gasteiger partial charge is 0.297 e. The monoisotopic (exact) mass is 425 g/mol. The number of aromatic nitrogens is 2. The molecule has 7 heteroatoms. The van der Waals surface area contributed by atoms with Crippen molar-refractivity contribution >= 4 is 28.7 Å². The lowest BCUT2D eigenvalue weighted by atomic mass is 9.93. The lowest BCUT2D eigenvalue weighted by Crippen LogP contribution is -2.43. The average molecular weight is 426 g/mol. The van der Waals surface area contributed by atoms with Gasteiger partial charge >= 0.3 is 0 Å². The van der Waals surface area contributed by atoms with E-state index in [0.717, 1.165) is 18.4 Å². The van der Waals surface area contributed by atoms with Crippen LogP contribution in [0.3, 0.4) is 0 Å². The number of thioether (sulfide) groups is 1. The average Bonchev–Trinajstić information content (AvgIpc) is 3.57. The van der Waals surface area contributed by atoms with Crippen molar-refractivity contribution in [2.45, 2.75) is 37.5 Å². The van der Waals surface area contributed by atoms with E-state index < -0.39 is 6.04 Å². The maximum absolute atomic E-state index is 14.7. The second kappa shape index (κ2) is 9.18. The van der Waals surface area contributed by atoms with Crippen LogP contribution >= 0.6 is 11.8 Å². The SMILES string of the molecule is CC(=O)SC1CCN(C(C(=O)C2CC2)c2ccccc2F)CC1=Cc1cnccn1. The van der Waals surface area contributed by atoms with Crippen LogP contribution in [0, 0.1) is 11.7 Å². The number of benzene rings is 1. The second-order valence-electron chi connectivity index (χ2n) is 7.81. The van der Waals surface area contributed by atoms with Crippen LogP contribution in [0.15, 0.2) is 48.4 Å². The van der Waals surface area contributed by atoms with E-state index in [1.807, 2.05) is 6.08 Å². The number of halogens is 1. The van der Waals surface area contributed by atoms with Crippen molar-refractivity contribution in [3.63, 3.8) is 0 Å². The van der Waals surface area contributed by atoms with Crippen molar-refractivity contribution in [3.8, 4) is 0 Å². The van der Waals surface area contributed by atoms with Gasteiger partial charge in [0.15, 0.2) is 10.9 Å². The molecule has 0 N–H and O–H groups in total. The minimum absolute atomic E-state index is 0.0121. The van der Waals surface area contributed by atoms with Gasteiger partial charge in [-0.25, -0.2) is 4.39 Å². The number of carbonyl (C=O) groups is 2. The predicted molar refractivity (Wildman–Crippen MR) is 115 cm³/mol.